The normalized spacial score (nSPS) is 40.2. The predicted octanol–water partition coefficient (Wildman–Crippen LogP) is -1.28. The number of hydrogen-bond acceptors (Lipinski definition) is 3. The Morgan fingerprint density at radius 3 is 2.58 bits per heavy atom. The fraction of sp³-hybridized carbons (Fsp3) is 0.667. The van der Waals surface area contributed by atoms with E-state index >= 15 is 0 Å². The van der Waals surface area contributed by atoms with Gasteiger partial charge in [0.05, 0.1) is 5.75 Å². The molecule has 0 aromatic rings. The Kier molecular flexibility index (Phi) is 1.47. The molecule has 2 aliphatic rings. The van der Waals surface area contributed by atoms with E-state index in [1.54, 1.807) is 0 Å². The molecule has 0 saturated carbocycles. The zero-order valence-electron chi connectivity index (χ0n) is 6.25. The minimum Gasteiger partial charge on any atom is -0.322 e. The van der Waals surface area contributed by atoms with Crippen molar-refractivity contribution in [2.75, 3.05) is 11.5 Å². The highest BCUT2D eigenvalue weighted by molar-refractivity contribution is 7.85. The van der Waals surface area contributed by atoms with Crippen molar-refractivity contribution in [1.29, 1.82) is 0 Å². The van der Waals surface area contributed by atoms with Crippen LogP contribution >= 0.6 is 0 Å². The first-order chi connectivity index (χ1) is 5.62. The lowest BCUT2D eigenvalue weighted by Crippen LogP contribution is -2.47. The summed E-state index contributed by atoms with van der Waals surface area (Å²) in [6, 6.07) is -0.473. The van der Waals surface area contributed by atoms with Crippen LogP contribution in [-0.4, -0.2) is 33.2 Å². The third-order valence-electron chi connectivity index (χ3n) is 2.18. The first-order valence-electron chi connectivity index (χ1n) is 3.61. The highest BCUT2D eigenvalue weighted by Gasteiger charge is 2.50. The van der Waals surface area contributed by atoms with Gasteiger partial charge in [0, 0.05) is 16.6 Å². The van der Waals surface area contributed by atoms with E-state index in [4.69, 9.17) is 0 Å². The average molecular weight is 188 g/mol. The molecular formula is C6H8N2O3S. The van der Waals surface area contributed by atoms with Crippen LogP contribution in [0.15, 0.2) is 0 Å². The molecule has 0 bridgehead atoms. The Bertz CT molecular complexity index is 287. The van der Waals surface area contributed by atoms with Crippen molar-refractivity contribution in [2.45, 2.75) is 12.0 Å². The van der Waals surface area contributed by atoms with Crippen LogP contribution < -0.4 is 10.6 Å². The van der Waals surface area contributed by atoms with Crippen molar-refractivity contribution in [3.8, 4) is 0 Å². The summed E-state index contributed by atoms with van der Waals surface area (Å²) in [4.78, 5) is 22.0. The molecule has 0 aromatic heterocycles. The van der Waals surface area contributed by atoms with Gasteiger partial charge < -0.3 is 5.32 Å². The van der Waals surface area contributed by atoms with Crippen LogP contribution in [0.3, 0.4) is 0 Å². The minimum absolute atomic E-state index is 0.255. The van der Waals surface area contributed by atoms with Gasteiger partial charge in [-0.1, -0.05) is 0 Å². The molecule has 2 fully saturated rings. The number of amides is 3. The van der Waals surface area contributed by atoms with Gasteiger partial charge in [0.2, 0.25) is 0 Å². The summed E-state index contributed by atoms with van der Waals surface area (Å²) in [5.41, 5.74) is -0.859. The summed E-state index contributed by atoms with van der Waals surface area (Å²) in [6.07, 6.45) is 0.483. The third-order valence-corrected chi connectivity index (χ3v) is 3.65. The number of urea groups is 1. The Hall–Kier alpha value is -0.910. The molecule has 12 heavy (non-hydrogen) atoms. The Balaban J connectivity index is 2.27. The van der Waals surface area contributed by atoms with E-state index in [-0.39, 0.29) is 11.7 Å². The Morgan fingerprint density at radius 1 is 1.42 bits per heavy atom. The fourth-order valence-electron chi connectivity index (χ4n) is 1.51. The maximum absolute atomic E-state index is 11.2. The third kappa shape index (κ3) is 0.945. The van der Waals surface area contributed by atoms with Gasteiger partial charge >= 0.3 is 6.03 Å². The maximum Gasteiger partial charge on any atom is 0.322 e. The number of nitrogens with one attached hydrogen (secondary N) is 2. The minimum atomic E-state index is -0.963. The molecule has 2 heterocycles. The van der Waals surface area contributed by atoms with E-state index in [1.165, 1.54) is 0 Å². The number of rotatable bonds is 0. The van der Waals surface area contributed by atoms with Gasteiger partial charge in [-0.25, -0.2) is 4.79 Å². The molecule has 3 amide bonds. The maximum atomic E-state index is 11.2. The number of carbonyl (C=O) groups is 2. The summed E-state index contributed by atoms with van der Waals surface area (Å²) in [6.45, 7) is 0. The molecular weight excluding hydrogens is 180 g/mol. The quantitative estimate of drug-likeness (QED) is 0.465. The SMILES string of the molecule is O=C1NC(=O)[C@]2(CC[S@@](=O)C2)N1. The van der Waals surface area contributed by atoms with Gasteiger partial charge in [0.25, 0.3) is 5.91 Å². The molecule has 2 rings (SSSR count). The lowest BCUT2D eigenvalue weighted by atomic mass is 10.0. The molecule has 1 spiro atoms. The van der Waals surface area contributed by atoms with E-state index in [1.807, 2.05) is 0 Å². The largest absolute Gasteiger partial charge is 0.322 e. The van der Waals surface area contributed by atoms with Crippen LogP contribution in [0.5, 0.6) is 0 Å². The number of hydrogen-bond donors (Lipinski definition) is 2. The number of imide groups is 1. The van der Waals surface area contributed by atoms with Crippen molar-refractivity contribution in [3.63, 3.8) is 0 Å². The van der Waals surface area contributed by atoms with E-state index < -0.39 is 22.4 Å². The Morgan fingerprint density at radius 2 is 2.17 bits per heavy atom. The molecule has 0 aromatic carbocycles. The first kappa shape index (κ1) is 7.72. The lowest BCUT2D eigenvalue weighted by molar-refractivity contribution is -0.123. The van der Waals surface area contributed by atoms with Gasteiger partial charge in [-0.3, -0.25) is 14.3 Å². The fourth-order valence-corrected chi connectivity index (χ4v) is 3.13. The summed E-state index contributed by atoms with van der Waals surface area (Å²) in [7, 11) is -0.963. The molecule has 0 unspecified atom stereocenters. The molecule has 5 nitrogen and oxygen atoms in total. The smallest absolute Gasteiger partial charge is 0.322 e. The van der Waals surface area contributed by atoms with Crippen LogP contribution in [0.2, 0.25) is 0 Å². The Labute approximate surface area is 71.3 Å². The van der Waals surface area contributed by atoms with E-state index in [0.29, 0.717) is 12.2 Å². The van der Waals surface area contributed by atoms with Gasteiger partial charge in [-0.05, 0) is 6.42 Å². The molecule has 6 heteroatoms. The van der Waals surface area contributed by atoms with Gasteiger partial charge in [-0.15, -0.1) is 0 Å². The molecule has 2 saturated heterocycles. The molecule has 0 aliphatic carbocycles. The van der Waals surface area contributed by atoms with Gasteiger partial charge in [-0.2, -0.15) is 0 Å². The van der Waals surface area contributed by atoms with Crippen LogP contribution in [-0.2, 0) is 15.6 Å². The van der Waals surface area contributed by atoms with Crippen molar-refractivity contribution >= 4 is 22.7 Å². The van der Waals surface area contributed by atoms with Crippen LogP contribution in [0.25, 0.3) is 0 Å². The van der Waals surface area contributed by atoms with Crippen molar-refractivity contribution in [3.05, 3.63) is 0 Å². The van der Waals surface area contributed by atoms with Crippen molar-refractivity contribution in [2.24, 2.45) is 0 Å². The van der Waals surface area contributed by atoms with Crippen LogP contribution in [0.4, 0.5) is 4.79 Å². The van der Waals surface area contributed by atoms with Gasteiger partial charge in [0.1, 0.15) is 5.54 Å². The summed E-state index contributed by atoms with van der Waals surface area (Å²) >= 11 is 0. The monoisotopic (exact) mass is 188 g/mol. The van der Waals surface area contributed by atoms with E-state index in [2.05, 4.69) is 10.6 Å². The zero-order valence-corrected chi connectivity index (χ0v) is 7.07. The van der Waals surface area contributed by atoms with Gasteiger partial charge in [0.15, 0.2) is 0 Å². The standard InChI is InChI=1S/C6H8N2O3S/c9-4-6(8-5(10)7-4)1-2-12(11)3-6/h1-3H2,(H2,7,8,9,10)/t6-,12-/m1/s1. The molecule has 66 valence electrons. The molecule has 2 N–H and O–H groups in total. The highest BCUT2D eigenvalue weighted by atomic mass is 32.2. The number of carbonyl (C=O) groups excluding carboxylic acids is 2. The topological polar surface area (TPSA) is 75.3 Å². The second-order valence-electron chi connectivity index (χ2n) is 3.03. The summed E-state index contributed by atoms with van der Waals surface area (Å²) < 4.78 is 11.0. The average Bonchev–Trinajstić information content (AvgIpc) is 2.43. The first-order valence-corrected chi connectivity index (χ1v) is 5.10. The van der Waals surface area contributed by atoms with E-state index in [9.17, 15) is 13.8 Å². The van der Waals surface area contributed by atoms with Crippen LogP contribution in [0.1, 0.15) is 6.42 Å². The van der Waals surface area contributed by atoms with E-state index in [0.717, 1.165) is 0 Å². The highest BCUT2D eigenvalue weighted by Crippen LogP contribution is 2.23. The van der Waals surface area contributed by atoms with Crippen molar-refractivity contribution < 1.29 is 13.8 Å². The van der Waals surface area contributed by atoms with Crippen LogP contribution in [0, 0.1) is 0 Å². The lowest BCUT2D eigenvalue weighted by Gasteiger charge is -2.16. The predicted molar refractivity (Wildman–Crippen MR) is 41.9 cm³/mol. The summed E-state index contributed by atoms with van der Waals surface area (Å²) in [5.74, 6) is 0.413. The molecule has 2 aliphatic heterocycles. The summed E-state index contributed by atoms with van der Waals surface area (Å²) in [5, 5.41) is 4.66. The zero-order chi connectivity index (χ0) is 8.77. The second kappa shape index (κ2) is 2.29. The molecule has 2 atom stereocenters. The van der Waals surface area contributed by atoms with Crippen molar-refractivity contribution in [1.82, 2.24) is 10.6 Å². The second-order valence-corrected chi connectivity index (χ2v) is 4.61. The molecule has 0 radical (unpaired) electrons.